The summed E-state index contributed by atoms with van der Waals surface area (Å²) in [7, 11) is 0. The van der Waals surface area contributed by atoms with Crippen LogP contribution in [0.3, 0.4) is 0 Å². The highest BCUT2D eigenvalue weighted by Gasteiger charge is 2.27. The number of hydrogen-bond donors (Lipinski definition) is 1. The number of nitrogens with two attached hydrogens (primary N) is 1. The lowest BCUT2D eigenvalue weighted by Crippen LogP contribution is -2.44. The summed E-state index contributed by atoms with van der Waals surface area (Å²) in [4.78, 5) is 12.8. The standard InChI is InChI=1S/C14H21N3O2/c1-9-7-14(17(18)19)12(15)8-13(9)16-10(2)5-4-6-11(16)3/h7-8,10-11H,4-6,15H2,1-3H3/t10-,11-/m1/s1. The molecule has 0 saturated carbocycles. The van der Waals surface area contributed by atoms with Crippen LogP contribution in [0.1, 0.15) is 38.7 Å². The highest BCUT2D eigenvalue weighted by Crippen LogP contribution is 2.36. The number of rotatable bonds is 2. The Morgan fingerprint density at radius 3 is 2.42 bits per heavy atom. The van der Waals surface area contributed by atoms with Gasteiger partial charge < -0.3 is 10.6 Å². The summed E-state index contributed by atoms with van der Waals surface area (Å²) < 4.78 is 0. The summed E-state index contributed by atoms with van der Waals surface area (Å²) >= 11 is 0. The second-order valence-corrected chi connectivity index (χ2v) is 5.49. The Labute approximate surface area is 113 Å². The van der Waals surface area contributed by atoms with Crippen molar-refractivity contribution in [1.82, 2.24) is 0 Å². The third kappa shape index (κ3) is 2.50. The molecule has 1 aliphatic heterocycles. The number of nitro groups is 1. The van der Waals surface area contributed by atoms with E-state index in [2.05, 4.69) is 18.7 Å². The first-order valence-corrected chi connectivity index (χ1v) is 6.74. The van der Waals surface area contributed by atoms with Gasteiger partial charge in [-0.15, -0.1) is 0 Å². The van der Waals surface area contributed by atoms with E-state index in [1.807, 2.05) is 6.92 Å². The molecule has 1 aromatic carbocycles. The fourth-order valence-electron chi connectivity index (χ4n) is 3.03. The van der Waals surface area contributed by atoms with Crippen LogP contribution in [-0.4, -0.2) is 17.0 Å². The molecule has 0 aromatic heterocycles. The second-order valence-electron chi connectivity index (χ2n) is 5.49. The molecule has 2 rings (SSSR count). The van der Waals surface area contributed by atoms with Crippen LogP contribution in [0, 0.1) is 17.0 Å². The quantitative estimate of drug-likeness (QED) is 0.505. The highest BCUT2D eigenvalue weighted by molar-refractivity contribution is 5.70. The van der Waals surface area contributed by atoms with E-state index in [1.54, 1.807) is 12.1 Å². The van der Waals surface area contributed by atoms with E-state index in [9.17, 15) is 10.1 Å². The van der Waals surface area contributed by atoms with E-state index in [-0.39, 0.29) is 11.4 Å². The monoisotopic (exact) mass is 263 g/mol. The van der Waals surface area contributed by atoms with Crippen molar-refractivity contribution in [3.63, 3.8) is 0 Å². The Balaban J connectivity index is 2.44. The molecule has 0 radical (unpaired) electrons. The SMILES string of the molecule is Cc1cc([N+](=O)[O-])c(N)cc1N1[C@H](C)CCC[C@H]1C. The lowest BCUT2D eigenvalue weighted by atomic mass is 9.95. The maximum absolute atomic E-state index is 10.9. The zero-order valence-corrected chi connectivity index (χ0v) is 11.7. The fourth-order valence-corrected chi connectivity index (χ4v) is 3.03. The Hall–Kier alpha value is -1.78. The maximum Gasteiger partial charge on any atom is 0.292 e. The fraction of sp³-hybridized carbons (Fsp3) is 0.571. The molecule has 1 aromatic rings. The van der Waals surface area contributed by atoms with Crippen molar-refractivity contribution in [2.24, 2.45) is 0 Å². The third-order valence-electron chi connectivity index (χ3n) is 4.01. The summed E-state index contributed by atoms with van der Waals surface area (Å²) in [6.45, 7) is 6.31. The lowest BCUT2D eigenvalue weighted by Gasteiger charge is -2.41. The van der Waals surface area contributed by atoms with Gasteiger partial charge in [0.2, 0.25) is 0 Å². The number of anilines is 2. The van der Waals surface area contributed by atoms with E-state index >= 15 is 0 Å². The molecule has 0 spiro atoms. The molecule has 5 nitrogen and oxygen atoms in total. The number of piperidine rings is 1. The molecule has 2 N–H and O–H groups in total. The van der Waals surface area contributed by atoms with Crippen molar-refractivity contribution in [1.29, 1.82) is 0 Å². The number of benzene rings is 1. The number of aryl methyl sites for hydroxylation is 1. The van der Waals surface area contributed by atoms with Crippen LogP contribution in [0.4, 0.5) is 17.1 Å². The van der Waals surface area contributed by atoms with Crippen molar-refractivity contribution in [2.75, 3.05) is 10.6 Å². The van der Waals surface area contributed by atoms with Gasteiger partial charge in [-0.1, -0.05) is 0 Å². The van der Waals surface area contributed by atoms with Crippen molar-refractivity contribution in [3.05, 3.63) is 27.8 Å². The summed E-state index contributed by atoms with van der Waals surface area (Å²) in [6.07, 6.45) is 3.54. The zero-order valence-electron chi connectivity index (χ0n) is 11.7. The van der Waals surface area contributed by atoms with Crippen LogP contribution >= 0.6 is 0 Å². The van der Waals surface area contributed by atoms with Crippen LogP contribution in [0.15, 0.2) is 12.1 Å². The molecular formula is C14H21N3O2. The first kappa shape index (κ1) is 13.6. The van der Waals surface area contributed by atoms with Crippen LogP contribution in [0.25, 0.3) is 0 Å². The molecule has 1 fully saturated rings. The molecule has 0 bridgehead atoms. The smallest absolute Gasteiger partial charge is 0.292 e. The largest absolute Gasteiger partial charge is 0.393 e. The first-order chi connectivity index (χ1) is 8.91. The molecule has 104 valence electrons. The molecule has 0 aliphatic carbocycles. The van der Waals surface area contributed by atoms with E-state index in [1.165, 1.54) is 6.42 Å². The van der Waals surface area contributed by atoms with Gasteiger partial charge in [0.05, 0.1) is 4.92 Å². The minimum atomic E-state index is -0.421. The van der Waals surface area contributed by atoms with Gasteiger partial charge in [0.25, 0.3) is 5.69 Å². The van der Waals surface area contributed by atoms with Gasteiger partial charge in [-0.3, -0.25) is 10.1 Å². The number of nitrogen functional groups attached to an aromatic ring is 1. The Bertz CT molecular complexity index is 492. The van der Waals surface area contributed by atoms with Gasteiger partial charge in [-0.2, -0.15) is 0 Å². The molecule has 0 amide bonds. The Kier molecular flexibility index (Phi) is 3.64. The average Bonchev–Trinajstić information content (AvgIpc) is 2.32. The van der Waals surface area contributed by atoms with Gasteiger partial charge in [-0.05, 0) is 51.7 Å². The predicted octanol–water partition coefficient (Wildman–Crippen LogP) is 3.25. The zero-order chi connectivity index (χ0) is 14.2. The van der Waals surface area contributed by atoms with E-state index in [4.69, 9.17) is 5.73 Å². The lowest BCUT2D eigenvalue weighted by molar-refractivity contribution is -0.383. The summed E-state index contributed by atoms with van der Waals surface area (Å²) in [5.41, 5.74) is 8.01. The molecule has 2 atom stereocenters. The van der Waals surface area contributed by atoms with Crippen LogP contribution < -0.4 is 10.6 Å². The number of nitrogens with zero attached hydrogens (tertiary/aromatic N) is 2. The summed E-state index contributed by atoms with van der Waals surface area (Å²) in [5.74, 6) is 0. The molecule has 1 heterocycles. The average molecular weight is 263 g/mol. The summed E-state index contributed by atoms with van der Waals surface area (Å²) in [6, 6.07) is 4.23. The maximum atomic E-state index is 10.9. The van der Waals surface area contributed by atoms with E-state index < -0.39 is 4.92 Å². The van der Waals surface area contributed by atoms with Gasteiger partial charge >= 0.3 is 0 Å². The second kappa shape index (κ2) is 5.07. The third-order valence-corrected chi connectivity index (χ3v) is 4.01. The number of hydrogen-bond acceptors (Lipinski definition) is 4. The van der Waals surface area contributed by atoms with E-state index in [0.717, 1.165) is 24.1 Å². The van der Waals surface area contributed by atoms with Crippen molar-refractivity contribution >= 4 is 17.1 Å². The van der Waals surface area contributed by atoms with Crippen molar-refractivity contribution in [3.8, 4) is 0 Å². The van der Waals surface area contributed by atoms with Gasteiger partial charge in [0.1, 0.15) is 5.69 Å². The van der Waals surface area contributed by atoms with Gasteiger partial charge in [-0.25, -0.2) is 0 Å². The minimum absolute atomic E-state index is 0.00133. The molecule has 1 aliphatic rings. The van der Waals surface area contributed by atoms with Crippen LogP contribution in [-0.2, 0) is 0 Å². The molecule has 1 saturated heterocycles. The van der Waals surface area contributed by atoms with Crippen LogP contribution in [0.2, 0.25) is 0 Å². The minimum Gasteiger partial charge on any atom is -0.393 e. The molecule has 5 heteroatoms. The summed E-state index contributed by atoms with van der Waals surface area (Å²) in [5, 5.41) is 10.9. The first-order valence-electron chi connectivity index (χ1n) is 6.74. The molecular weight excluding hydrogens is 242 g/mol. The predicted molar refractivity (Wildman–Crippen MR) is 77.5 cm³/mol. The van der Waals surface area contributed by atoms with Crippen molar-refractivity contribution in [2.45, 2.75) is 52.1 Å². The van der Waals surface area contributed by atoms with Crippen LogP contribution in [0.5, 0.6) is 0 Å². The molecule has 0 unspecified atom stereocenters. The topological polar surface area (TPSA) is 72.4 Å². The highest BCUT2D eigenvalue weighted by atomic mass is 16.6. The normalized spacial score (nSPS) is 23.4. The van der Waals surface area contributed by atoms with E-state index in [0.29, 0.717) is 12.1 Å². The molecule has 19 heavy (non-hydrogen) atoms. The Morgan fingerprint density at radius 2 is 1.89 bits per heavy atom. The van der Waals surface area contributed by atoms with Crippen molar-refractivity contribution < 1.29 is 4.92 Å². The Morgan fingerprint density at radius 1 is 1.32 bits per heavy atom. The van der Waals surface area contributed by atoms with Gasteiger partial charge in [0.15, 0.2) is 0 Å². The number of nitro benzene ring substituents is 1. The van der Waals surface area contributed by atoms with Gasteiger partial charge in [0, 0.05) is 23.8 Å².